The molecule has 0 atom stereocenters. The van der Waals surface area contributed by atoms with Gasteiger partial charge in [0.1, 0.15) is 10.8 Å². The number of benzene rings is 2. The molecule has 2 amide bonds. The summed E-state index contributed by atoms with van der Waals surface area (Å²) < 4.78 is 10.4. The first-order chi connectivity index (χ1) is 16.5. The van der Waals surface area contributed by atoms with E-state index in [4.69, 9.17) is 9.47 Å². The first-order valence-electron chi connectivity index (χ1n) is 10.4. The zero-order chi connectivity index (χ0) is 24.1. The number of hydrogen-bond donors (Lipinski definition) is 1. The largest absolute Gasteiger partial charge is 0.497 e. The lowest BCUT2D eigenvalue weighted by atomic mass is 10.0. The Bertz CT molecular complexity index is 1300. The average molecular weight is 474 g/mol. The maximum Gasteiger partial charge on any atom is 0.261 e. The van der Waals surface area contributed by atoms with Gasteiger partial charge in [0.05, 0.1) is 25.5 Å². The summed E-state index contributed by atoms with van der Waals surface area (Å²) in [5, 5.41) is 5.04. The van der Waals surface area contributed by atoms with Crippen LogP contribution < -0.4 is 19.7 Å². The van der Waals surface area contributed by atoms with Crippen molar-refractivity contribution in [3.8, 4) is 34.0 Å². The highest BCUT2D eigenvalue weighted by Gasteiger charge is 2.24. The maximum atomic E-state index is 13.5. The van der Waals surface area contributed by atoms with Gasteiger partial charge in [0.25, 0.3) is 5.91 Å². The Morgan fingerprint density at radius 3 is 2.32 bits per heavy atom. The summed E-state index contributed by atoms with van der Waals surface area (Å²) in [4.78, 5) is 30.7. The Morgan fingerprint density at radius 2 is 1.68 bits per heavy atom. The maximum absolute atomic E-state index is 13.5. The third-order valence-electron chi connectivity index (χ3n) is 5.38. The van der Waals surface area contributed by atoms with Crippen molar-refractivity contribution in [2.75, 3.05) is 31.5 Å². The molecule has 0 aliphatic carbocycles. The lowest BCUT2D eigenvalue weighted by Gasteiger charge is -2.19. The van der Waals surface area contributed by atoms with E-state index in [-0.39, 0.29) is 5.91 Å². The van der Waals surface area contributed by atoms with Gasteiger partial charge in [-0.25, -0.2) is 4.98 Å². The molecule has 7 nitrogen and oxygen atoms in total. The first-order valence-corrected chi connectivity index (χ1v) is 11.3. The van der Waals surface area contributed by atoms with Crippen molar-refractivity contribution in [1.29, 1.82) is 0 Å². The fraction of sp³-hybridized carbons (Fsp3) is 0.115. The van der Waals surface area contributed by atoms with Crippen LogP contribution in [0, 0.1) is 0 Å². The molecule has 34 heavy (non-hydrogen) atoms. The number of carbonyl (C=O) groups excluding carboxylic acids is 2. The molecule has 0 saturated heterocycles. The van der Waals surface area contributed by atoms with Gasteiger partial charge >= 0.3 is 0 Å². The smallest absolute Gasteiger partial charge is 0.261 e. The highest BCUT2D eigenvalue weighted by atomic mass is 32.1. The van der Waals surface area contributed by atoms with Crippen LogP contribution in [0.15, 0.2) is 72.1 Å². The van der Waals surface area contributed by atoms with Gasteiger partial charge in [0, 0.05) is 35.3 Å². The molecular formula is C26H23N3O4S. The quantitative estimate of drug-likeness (QED) is 0.350. The molecule has 4 rings (SSSR count). The van der Waals surface area contributed by atoms with E-state index in [1.54, 1.807) is 44.4 Å². The summed E-state index contributed by atoms with van der Waals surface area (Å²) >= 11 is 1.31. The Labute approximate surface area is 201 Å². The SMILES string of the molecule is COc1ccc(N(C)C(=O)c2c(-c3ccc(-c4cccc(OC)n4)cc3)csc2NC=O)cc1. The predicted molar refractivity (Wildman–Crippen MR) is 135 cm³/mol. The topological polar surface area (TPSA) is 80.8 Å². The van der Waals surface area contributed by atoms with Gasteiger partial charge in [-0.1, -0.05) is 30.3 Å². The van der Waals surface area contributed by atoms with Gasteiger partial charge in [0.15, 0.2) is 0 Å². The molecule has 0 radical (unpaired) electrons. The van der Waals surface area contributed by atoms with Crippen LogP contribution in [-0.4, -0.2) is 38.6 Å². The average Bonchev–Trinajstić information content (AvgIpc) is 3.31. The zero-order valence-corrected chi connectivity index (χ0v) is 19.8. The molecule has 2 aromatic carbocycles. The van der Waals surface area contributed by atoms with Crippen molar-refractivity contribution < 1.29 is 19.1 Å². The van der Waals surface area contributed by atoms with E-state index in [2.05, 4.69) is 10.3 Å². The van der Waals surface area contributed by atoms with Crippen LogP contribution in [0.25, 0.3) is 22.4 Å². The summed E-state index contributed by atoms with van der Waals surface area (Å²) in [5.41, 5.74) is 4.45. The van der Waals surface area contributed by atoms with Gasteiger partial charge in [0.2, 0.25) is 12.3 Å². The molecule has 0 saturated carbocycles. The third kappa shape index (κ3) is 4.62. The van der Waals surface area contributed by atoms with Crippen LogP contribution in [0.4, 0.5) is 10.7 Å². The monoisotopic (exact) mass is 473 g/mol. The number of methoxy groups -OCH3 is 2. The van der Waals surface area contributed by atoms with E-state index in [1.165, 1.54) is 11.3 Å². The van der Waals surface area contributed by atoms with E-state index < -0.39 is 0 Å². The number of ether oxygens (including phenoxy) is 2. The zero-order valence-electron chi connectivity index (χ0n) is 18.9. The molecule has 0 bridgehead atoms. The number of nitrogens with one attached hydrogen (secondary N) is 1. The lowest BCUT2D eigenvalue weighted by Crippen LogP contribution is -2.27. The summed E-state index contributed by atoms with van der Waals surface area (Å²) in [6, 6.07) is 20.6. The van der Waals surface area contributed by atoms with Crippen LogP contribution in [0.2, 0.25) is 0 Å². The third-order valence-corrected chi connectivity index (χ3v) is 6.29. The number of nitrogens with zero attached hydrogens (tertiary/aromatic N) is 2. The number of thiophene rings is 1. The van der Waals surface area contributed by atoms with E-state index in [1.807, 2.05) is 53.9 Å². The van der Waals surface area contributed by atoms with Crippen LogP contribution in [0.5, 0.6) is 11.6 Å². The molecule has 172 valence electrons. The normalized spacial score (nSPS) is 10.4. The molecule has 2 aromatic heterocycles. The minimum atomic E-state index is -0.232. The van der Waals surface area contributed by atoms with E-state index >= 15 is 0 Å². The van der Waals surface area contributed by atoms with Crippen LogP contribution in [-0.2, 0) is 4.79 Å². The van der Waals surface area contributed by atoms with Gasteiger partial charge in [-0.05, 0) is 35.9 Å². The van der Waals surface area contributed by atoms with Gasteiger partial charge < -0.3 is 19.7 Å². The molecule has 0 unspecified atom stereocenters. The van der Waals surface area contributed by atoms with E-state index in [9.17, 15) is 9.59 Å². The number of amides is 2. The first kappa shape index (κ1) is 23.0. The molecular weight excluding hydrogens is 450 g/mol. The summed E-state index contributed by atoms with van der Waals surface area (Å²) in [6.45, 7) is 0. The van der Waals surface area contributed by atoms with Crippen LogP contribution in [0.3, 0.4) is 0 Å². The summed E-state index contributed by atoms with van der Waals surface area (Å²) in [6.07, 6.45) is 0.581. The molecule has 0 aliphatic heterocycles. The lowest BCUT2D eigenvalue weighted by molar-refractivity contribution is -0.105. The van der Waals surface area contributed by atoms with Gasteiger partial charge in [-0.3, -0.25) is 9.59 Å². The molecule has 8 heteroatoms. The van der Waals surface area contributed by atoms with Crippen LogP contribution in [0.1, 0.15) is 10.4 Å². The Kier molecular flexibility index (Phi) is 6.89. The number of aromatic nitrogens is 1. The van der Waals surface area contributed by atoms with Gasteiger partial charge in [-0.2, -0.15) is 0 Å². The van der Waals surface area contributed by atoms with Crippen molar-refractivity contribution in [2.45, 2.75) is 0 Å². The van der Waals surface area contributed by atoms with Crippen LogP contribution >= 0.6 is 11.3 Å². The van der Waals surface area contributed by atoms with Gasteiger partial charge in [-0.15, -0.1) is 11.3 Å². The van der Waals surface area contributed by atoms with Crippen molar-refractivity contribution in [2.24, 2.45) is 0 Å². The molecule has 0 spiro atoms. The highest BCUT2D eigenvalue weighted by Crippen LogP contribution is 2.37. The predicted octanol–water partition coefficient (Wildman–Crippen LogP) is 5.34. The fourth-order valence-electron chi connectivity index (χ4n) is 3.54. The highest BCUT2D eigenvalue weighted by molar-refractivity contribution is 7.15. The number of hydrogen-bond acceptors (Lipinski definition) is 6. The van der Waals surface area contributed by atoms with Crippen molar-refractivity contribution in [3.05, 3.63) is 77.7 Å². The Morgan fingerprint density at radius 1 is 0.971 bits per heavy atom. The number of anilines is 2. The van der Waals surface area contributed by atoms with Crippen molar-refractivity contribution in [1.82, 2.24) is 4.98 Å². The molecule has 0 fully saturated rings. The van der Waals surface area contributed by atoms with E-state index in [0.717, 1.165) is 22.4 Å². The minimum absolute atomic E-state index is 0.232. The van der Waals surface area contributed by atoms with Crippen molar-refractivity contribution in [3.63, 3.8) is 0 Å². The second kappa shape index (κ2) is 10.2. The summed E-state index contributed by atoms with van der Waals surface area (Å²) in [5.74, 6) is 1.01. The number of carbonyl (C=O) groups is 2. The number of pyridine rings is 1. The molecule has 4 aromatic rings. The molecule has 0 aliphatic rings. The Hall–Kier alpha value is -4.17. The second-order valence-electron chi connectivity index (χ2n) is 7.32. The Balaban J connectivity index is 1.69. The minimum Gasteiger partial charge on any atom is -0.497 e. The summed E-state index contributed by atoms with van der Waals surface area (Å²) in [7, 11) is 4.88. The van der Waals surface area contributed by atoms with Crippen molar-refractivity contribution >= 4 is 34.3 Å². The number of rotatable bonds is 8. The molecule has 2 heterocycles. The fourth-order valence-corrected chi connectivity index (χ4v) is 4.46. The van der Waals surface area contributed by atoms with E-state index in [0.29, 0.717) is 34.3 Å². The second-order valence-corrected chi connectivity index (χ2v) is 8.20. The molecule has 1 N–H and O–H groups in total. The standard InChI is InChI=1S/C26H23N3O4S/c1-29(19-11-13-20(32-2)14-12-19)26(31)24-21(15-34-25(24)27-16-30)17-7-9-18(10-8-17)22-5-4-6-23(28-22)33-3/h4-16H,1-3H3,(H,27,30).